The maximum absolute atomic E-state index is 7.80. The van der Waals surface area contributed by atoms with Gasteiger partial charge in [-0.05, 0) is 0 Å². The molecule has 0 aliphatic rings. The quantitative estimate of drug-likeness (QED) is 0.267. The van der Waals surface area contributed by atoms with Gasteiger partial charge in [0.05, 0.1) is 6.61 Å². The van der Waals surface area contributed by atoms with E-state index in [1.165, 1.54) is 0 Å². The van der Waals surface area contributed by atoms with E-state index in [2.05, 4.69) is 12.6 Å². The minimum absolute atomic E-state index is 0. The molecule has 0 saturated carbocycles. The van der Waals surface area contributed by atoms with Crippen LogP contribution in [0, 0.1) is 0 Å². The van der Waals surface area contributed by atoms with Crippen molar-refractivity contribution in [2.45, 2.75) is 0 Å². The number of aliphatic hydroxyl groups is 1. The fourth-order valence-electron chi connectivity index (χ4n) is 0. The van der Waals surface area contributed by atoms with Crippen molar-refractivity contribution >= 4 is 12.6 Å². The average Bonchev–Trinajstić information content (AvgIpc) is 1.37. The maximum Gasteiger partial charge on any atom is 1.00 e. The zero-order chi connectivity index (χ0) is 3.41. The van der Waals surface area contributed by atoms with Crippen LogP contribution in [0.4, 0.5) is 0 Å². The van der Waals surface area contributed by atoms with E-state index >= 15 is 0 Å². The largest absolute Gasteiger partial charge is 1.00 e. The van der Waals surface area contributed by atoms with Crippen LogP contribution in [-0.4, -0.2) is 17.5 Å². The van der Waals surface area contributed by atoms with Crippen molar-refractivity contribution in [3.05, 3.63) is 0 Å². The normalized spacial score (nSPS) is 6.00. The smallest absolute Gasteiger partial charge is 1.00 e. The van der Waals surface area contributed by atoms with Gasteiger partial charge in [-0.2, -0.15) is 12.6 Å². The molecule has 1 N–H and O–H groups in total. The second-order valence-corrected chi connectivity index (χ2v) is 0.894. The maximum atomic E-state index is 7.80. The Morgan fingerprint density at radius 2 is 2.00 bits per heavy atom. The van der Waals surface area contributed by atoms with Gasteiger partial charge in [-0.15, -0.1) is 0 Å². The van der Waals surface area contributed by atoms with Crippen molar-refractivity contribution in [2.75, 3.05) is 12.4 Å². The second-order valence-electron chi connectivity index (χ2n) is 0.447. The predicted molar refractivity (Wildman–Crippen MR) is 22.1 cm³/mol. The molecule has 28 valence electrons. The van der Waals surface area contributed by atoms with Crippen molar-refractivity contribution < 1.29 is 36.1 Å². The van der Waals surface area contributed by atoms with E-state index in [0.717, 1.165) is 0 Å². The SMILES string of the molecule is OCCS.[H-].[Na+]. The van der Waals surface area contributed by atoms with Crippen LogP contribution < -0.4 is 29.6 Å². The van der Waals surface area contributed by atoms with E-state index in [-0.39, 0.29) is 37.6 Å². The zero-order valence-corrected chi connectivity index (χ0v) is 6.20. The third kappa shape index (κ3) is 10.9. The van der Waals surface area contributed by atoms with Gasteiger partial charge < -0.3 is 6.53 Å². The van der Waals surface area contributed by atoms with E-state index in [1.807, 2.05) is 0 Å². The Morgan fingerprint density at radius 3 is 2.00 bits per heavy atom. The first kappa shape index (κ1) is 9.58. The summed E-state index contributed by atoms with van der Waals surface area (Å²) in [4.78, 5) is 0. The van der Waals surface area contributed by atoms with E-state index in [1.54, 1.807) is 0 Å². The number of rotatable bonds is 1. The third-order valence-electron chi connectivity index (χ3n) is 0.1000. The first-order valence-corrected chi connectivity index (χ1v) is 1.76. The summed E-state index contributed by atoms with van der Waals surface area (Å²) in [5.74, 6) is 0.569. The van der Waals surface area contributed by atoms with E-state index < -0.39 is 0 Å². The van der Waals surface area contributed by atoms with Crippen molar-refractivity contribution in [1.82, 2.24) is 0 Å². The molecular weight excluding hydrogens is 95.1 g/mol. The molecule has 0 spiro atoms. The van der Waals surface area contributed by atoms with Crippen LogP contribution in [0.2, 0.25) is 0 Å². The van der Waals surface area contributed by atoms with Gasteiger partial charge >= 0.3 is 29.6 Å². The Bertz CT molecular complexity index is 15.5. The molecule has 0 aromatic heterocycles. The van der Waals surface area contributed by atoms with Gasteiger partial charge in [-0.1, -0.05) is 0 Å². The minimum atomic E-state index is 0. The van der Waals surface area contributed by atoms with Gasteiger partial charge in [0.25, 0.3) is 0 Å². The fourth-order valence-corrected chi connectivity index (χ4v) is 0. The van der Waals surface area contributed by atoms with Gasteiger partial charge in [0.1, 0.15) is 0 Å². The van der Waals surface area contributed by atoms with Crippen molar-refractivity contribution in [3.8, 4) is 0 Å². The van der Waals surface area contributed by atoms with Gasteiger partial charge in [-0.3, -0.25) is 0 Å². The summed E-state index contributed by atoms with van der Waals surface area (Å²) >= 11 is 3.67. The summed E-state index contributed by atoms with van der Waals surface area (Å²) in [6.07, 6.45) is 0. The summed E-state index contributed by atoms with van der Waals surface area (Å²) in [7, 11) is 0. The molecule has 0 rings (SSSR count). The summed E-state index contributed by atoms with van der Waals surface area (Å²) < 4.78 is 0. The van der Waals surface area contributed by atoms with Gasteiger partial charge in [0.2, 0.25) is 0 Å². The Labute approximate surface area is 61.0 Å². The Hall–Kier alpha value is 1.31. The Morgan fingerprint density at radius 1 is 1.80 bits per heavy atom. The molecule has 0 radical (unpaired) electrons. The average molecular weight is 102 g/mol. The summed E-state index contributed by atoms with van der Waals surface area (Å²) in [5.41, 5.74) is 0. The number of hydrogen-bond acceptors (Lipinski definition) is 2. The molecule has 0 saturated heterocycles. The van der Waals surface area contributed by atoms with Crippen LogP contribution >= 0.6 is 12.6 Å². The first-order valence-electron chi connectivity index (χ1n) is 1.13. The Kier molecular flexibility index (Phi) is 17.2. The Balaban J connectivity index is -0.0000000450. The fraction of sp³-hybridized carbons (Fsp3) is 1.00. The molecule has 0 aromatic rings. The predicted octanol–water partition coefficient (Wildman–Crippen LogP) is -2.97. The molecule has 0 atom stereocenters. The molecular formula is C2H7NaOS. The van der Waals surface area contributed by atoms with Crippen molar-refractivity contribution in [3.63, 3.8) is 0 Å². The van der Waals surface area contributed by atoms with Gasteiger partial charge in [0.15, 0.2) is 0 Å². The van der Waals surface area contributed by atoms with Crippen molar-refractivity contribution in [1.29, 1.82) is 0 Å². The zero-order valence-electron chi connectivity index (χ0n) is 4.31. The summed E-state index contributed by atoms with van der Waals surface area (Å²) in [6, 6.07) is 0. The molecule has 5 heavy (non-hydrogen) atoms. The molecule has 0 aromatic carbocycles. The number of aliphatic hydroxyl groups excluding tert-OH is 1. The topological polar surface area (TPSA) is 20.2 Å². The second kappa shape index (κ2) is 9.00. The number of thiol groups is 1. The molecule has 1 nitrogen and oxygen atoms in total. The molecule has 0 aliphatic heterocycles. The molecule has 0 bridgehead atoms. The molecule has 0 unspecified atom stereocenters. The first-order chi connectivity index (χ1) is 1.91. The minimum Gasteiger partial charge on any atom is -1.00 e. The standard InChI is InChI=1S/C2H6OS.Na.H/c3-1-2-4;;/h3-4H,1-2H2;;/q;+1;-1. The molecule has 3 heteroatoms. The molecule has 0 heterocycles. The monoisotopic (exact) mass is 102 g/mol. The summed E-state index contributed by atoms with van der Waals surface area (Å²) in [5, 5.41) is 7.80. The van der Waals surface area contributed by atoms with Crippen LogP contribution in [-0.2, 0) is 0 Å². The van der Waals surface area contributed by atoms with Crippen LogP contribution in [0.15, 0.2) is 0 Å². The van der Waals surface area contributed by atoms with Crippen LogP contribution in [0.3, 0.4) is 0 Å². The van der Waals surface area contributed by atoms with Gasteiger partial charge in [-0.25, -0.2) is 0 Å². The third-order valence-corrected chi connectivity index (χ3v) is 0.300. The van der Waals surface area contributed by atoms with Crippen LogP contribution in [0.25, 0.3) is 0 Å². The number of hydrogen-bond donors (Lipinski definition) is 2. The van der Waals surface area contributed by atoms with E-state index in [0.29, 0.717) is 5.75 Å². The van der Waals surface area contributed by atoms with Crippen LogP contribution in [0.5, 0.6) is 0 Å². The van der Waals surface area contributed by atoms with E-state index in [9.17, 15) is 0 Å². The summed E-state index contributed by atoms with van der Waals surface area (Å²) in [6.45, 7) is 0.184. The van der Waals surface area contributed by atoms with Crippen molar-refractivity contribution in [2.24, 2.45) is 0 Å². The molecule has 0 fully saturated rings. The molecule has 0 aliphatic carbocycles. The molecule has 0 amide bonds. The van der Waals surface area contributed by atoms with Crippen LogP contribution in [0.1, 0.15) is 1.43 Å². The van der Waals surface area contributed by atoms with E-state index in [4.69, 9.17) is 5.11 Å². The van der Waals surface area contributed by atoms with Gasteiger partial charge in [0, 0.05) is 5.75 Å².